The molecule has 0 bridgehead atoms. The molecule has 27 heavy (non-hydrogen) atoms. The highest BCUT2D eigenvalue weighted by Gasteiger charge is 2.32. The average Bonchev–Trinajstić information content (AvgIpc) is 3.04. The Morgan fingerprint density at radius 3 is 2.70 bits per heavy atom. The van der Waals surface area contributed by atoms with Crippen LogP contribution >= 0.6 is 0 Å². The quantitative estimate of drug-likeness (QED) is 0.694. The van der Waals surface area contributed by atoms with E-state index < -0.39 is 0 Å². The van der Waals surface area contributed by atoms with Gasteiger partial charge in [0, 0.05) is 5.70 Å². The van der Waals surface area contributed by atoms with Crippen molar-refractivity contribution in [1.82, 2.24) is 9.55 Å². The molecule has 5 heteroatoms. The van der Waals surface area contributed by atoms with Crippen LogP contribution in [-0.2, 0) is 9.53 Å². The minimum Gasteiger partial charge on any atom is -0.463 e. The number of aromatic nitrogens is 2. The zero-order valence-electron chi connectivity index (χ0n) is 15.3. The molecule has 2 heterocycles. The number of carbonyl (C=O) groups excluding carboxylic acids is 1. The van der Waals surface area contributed by atoms with Crippen LogP contribution in [0.5, 0.6) is 0 Å². The van der Waals surface area contributed by atoms with Gasteiger partial charge in [0.15, 0.2) is 0 Å². The normalized spacial score (nSPS) is 16.4. The van der Waals surface area contributed by atoms with Crippen LogP contribution in [-0.4, -0.2) is 22.1 Å². The Labute approximate surface area is 158 Å². The SMILES string of the molecule is CCOC(=O)C1=C(C)Nc2nc3ccccc3n2C1/C=C/c1ccccc1. The molecule has 4 rings (SSSR count). The Hall–Kier alpha value is -3.34. The summed E-state index contributed by atoms with van der Waals surface area (Å²) in [5.74, 6) is 0.415. The van der Waals surface area contributed by atoms with Gasteiger partial charge in [-0.3, -0.25) is 4.57 Å². The van der Waals surface area contributed by atoms with Gasteiger partial charge in [-0.25, -0.2) is 9.78 Å². The monoisotopic (exact) mass is 359 g/mol. The number of para-hydroxylation sites is 2. The first-order chi connectivity index (χ1) is 13.2. The molecule has 0 saturated carbocycles. The standard InChI is InChI=1S/C22H21N3O2/c1-3-27-21(26)20-15(2)23-22-24-17-11-7-8-12-18(17)25(22)19(20)14-13-16-9-5-4-6-10-16/h4-14,19H,3H2,1-2H3,(H,23,24)/b14-13+. The number of esters is 1. The van der Waals surface area contributed by atoms with Gasteiger partial charge in [-0.1, -0.05) is 54.6 Å². The fourth-order valence-corrected chi connectivity index (χ4v) is 3.43. The van der Waals surface area contributed by atoms with Gasteiger partial charge in [-0.05, 0) is 31.5 Å². The van der Waals surface area contributed by atoms with Crippen LogP contribution in [0.1, 0.15) is 25.5 Å². The number of anilines is 1. The predicted molar refractivity (Wildman–Crippen MR) is 107 cm³/mol. The highest BCUT2D eigenvalue weighted by molar-refractivity contribution is 5.93. The molecule has 5 nitrogen and oxygen atoms in total. The van der Waals surface area contributed by atoms with Crippen molar-refractivity contribution in [3.05, 3.63) is 77.5 Å². The number of allylic oxidation sites excluding steroid dienone is 2. The van der Waals surface area contributed by atoms with E-state index in [1.807, 2.05) is 85.2 Å². The molecule has 1 aliphatic rings. The van der Waals surface area contributed by atoms with Crippen molar-refractivity contribution in [2.75, 3.05) is 11.9 Å². The molecule has 1 aromatic heterocycles. The first-order valence-corrected chi connectivity index (χ1v) is 9.04. The average molecular weight is 359 g/mol. The van der Waals surface area contributed by atoms with Crippen LogP contribution < -0.4 is 5.32 Å². The van der Waals surface area contributed by atoms with Crippen molar-refractivity contribution in [2.24, 2.45) is 0 Å². The topological polar surface area (TPSA) is 56.1 Å². The molecular weight excluding hydrogens is 338 g/mol. The number of nitrogens with zero attached hydrogens (tertiary/aromatic N) is 2. The van der Waals surface area contributed by atoms with Gasteiger partial charge in [-0.2, -0.15) is 0 Å². The lowest BCUT2D eigenvalue weighted by Gasteiger charge is -2.27. The maximum atomic E-state index is 12.7. The number of ether oxygens (including phenoxy) is 1. The number of fused-ring (bicyclic) bond motifs is 3. The van der Waals surface area contributed by atoms with Crippen molar-refractivity contribution in [2.45, 2.75) is 19.9 Å². The fourth-order valence-electron chi connectivity index (χ4n) is 3.43. The van der Waals surface area contributed by atoms with Gasteiger partial charge >= 0.3 is 5.97 Å². The van der Waals surface area contributed by atoms with E-state index >= 15 is 0 Å². The molecule has 1 unspecified atom stereocenters. The minimum absolute atomic E-state index is 0.298. The van der Waals surface area contributed by atoms with Gasteiger partial charge in [0.1, 0.15) is 0 Å². The van der Waals surface area contributed by atoms with E-state index in [-0.39, 0.29) is 12.0 Å². The van der Waals surface area contributed by atoms with Crippen LogP contribution in [0.4, 0.5) is 5.95 Å². The molecule has 136 valence electrons. The number of hydrogen-bond acceptors (Lipinski definition) is 4. The Balaban J connectivity index is 1.86. The molecular formula is C22H21N3O2. The summed E-state index contributed by atoms with van der Waals surface area (Å²) >= 11 is 0. The van der Waals surface area contributed by atoms with Gasteiger partial charge in [0.2, 0.25) is 5.95 Å². The third kappa shape index (κ3) is 3.12. The summed E-state index contributed by atoms with van der Waals surface area (Å²) in [5, 5.41) is 3.26. The van der Waals surface area contributed by atoms with Crippen LogP contribution in [0.3, 0.4) is 0 Å². The van der Waals surface area contributed by atoms with Gasteiger partial charge in [0.05, 0.1) is 29.3 Å². The lowest BCUT2D eigenvalue weighted by molar-refractivity contribution is -0.139. The van der Waals surface area contributed by atoms with Crippen molar-refractivity contribution in [3.8, 4) is 0 Å². The molecule has 0 aliphatic carbocycles. The van der Waals surface area contributed by atoms with Crippen molar-refractivity contribution >= 4 is 29.0 Å². The summed E-state index contributed by atoms with van der Waals surface area (Å²) in [6, 6.07) is 17.7. The molecule has 1 atom stereocenters. The lowest BCUT2D eigenvalue weighted by atomic mass is 10.0. The molecule has 0 saturated heterocycles. The Bertz CT molecular complexity index is 1050. The largest absolute Gasteiger partial charge is 0.463 e. The van der Waals surface area contributed by atoms with E-state index in [1.165, 1.54) is 0 Å². The minimum atomic E-state index is -0.311. The van der Waals surface area contributed by atoms with Gasteiger partial charge in [0.25, 0.3) is 0 Å². The number of nitrogens with one attached hydrogen (secondary N) is 1. The predicted octanol–water partition coefficient (Wildman–Crippen LogP) is 4.55. The second kappa shape index (κ2) is 7.11. The second-order valence-corrected chi connectivity index (χ2v) is 6.39. The number of benzene rings is 2. The Morgan fingerprint density at radius 2 is 1.93 bits per heavy atom. The van der Waals surface area contributed by atoms with Crippen molar-refractivity contribution < 1.29 is 9.53 Å². The molecule has 2 aromatic carbocycles. The van der Waals surface area contributed by atoms with E-state index in [9.17, 15) is 4.79 Å². The first kappa shape index (κ1) is 17.1. The molecule has 0 fully saturated rings. The number of hydrogen-bond donors (Lipinski definition) is 1. The summed E-state index contributed by atoms with van der Waals surface area (Å²) in [6.45, 7) is 4.04. The van der Waals surface area contributed by atoms with Crippen LogP contribution in [0.2, 0.25) is 0 Å². The van der Waals surface area contributed by atoms with E-state index in [1.54, 1.807) is 0 Å². The van der Waals surface area contributed by atoms with E-state index in [0.717, 1.165) is 28.2 Å². The Kier molecular flexibility index (Phi) is 4.50. The molecule has 3 aromatic rings. The lowest BCUT2D eigenvalue weighted by Crippen LogP contribution is -2.27. The summed E-state index contributed by atoms with van der Waals surface area (Å²) < 4.78 is 7.38. The van der Waals surface area contributed by atoms with Crippen molar-refractivity contribution in [1.29, 1.82) is 0 Å². The van der Waals surface area contributed by atoms with Crippen LogP contribution in [0, 0.1) is 0 Å². The number of carbonyl (C=O) groups is 1. The smallest absolute Gasteiger partial charge is 0.338 e. The summed E-state index contributed by atoms with van der Waals surface area (Å²) in [7, 11) is 0. The number of imidazole rings is 1. The van der Waals surface area contributed by atoms with E-state index in [0.29, 0.717) is 12.2 Å². The maximum absolute atomic E-state index is 12.7. The van der Waals surface area contributed by atoms with E-state index in [4.69, 9.17) is 4.74 Å². The zero-order chi connectivity index (χ0) is 18.8. The molecule has 1 N–H and O–H groups in total. The van der Waals surface area contributed by atoms with Crippen LogP contribution in [0.15, 0.2) is 71.9 Å². The third-order valence-electron chi connectivity index (χ3n) is 4.64. The maximum Gasteiger partial charge on any atom is 0.338 e. The van der Waals surface area contributed by atoms with Crippen LogP contribution in [0.25, 0.3) is 17.1 Å². The number of rotatable bonds is 4. The molecule has 0 radical (unpaired) electrons. The summed E-state index contributed by atoms with van der Waals surface area (Å²) in [4.78, 5) is 17.4. The van der Waals surface area contributed by atoms with Gasteiger partial charge < -0.3 is 10.1 Å². The third-order valence-corrected chi connectivity index (χ3v) is 4.64. The van der Waals surface area contributed by atoms with E-state index in [2.05, 4.69) is 10.3 Å². The highest BCUT2D eigenvalue weighted by atomic mass is 16.5. The summed E-state index contributed by atoms with van der Waals surface area (Å²) in [6.07, 6.45) is 4.06. The molecule has 0 amide bonds. The zero-order valence-corrected chi connectivity index (χ0v) is 15.3. The first-order valence-electron chi connectivity index (χ1n) is 9.04. The highest BCUT2D eigenvalue weighted by Crippen LogP contribution is 2.36. The second-order valence-electron chi connectivity index (χ2n) is 6.39. The van der Waals surface area contributed by atoms with Crippen molar-refractivity contribution in [3.63, 3.8) is 0 Å². The Morgan fingerprint density at radius 1 is 1.19 bits per heavy atom. The molecule has 1 aliphatic heterocycles. The summed E-state index contributed by atoms with van der Waals surface area (Å²) in [5.41, 5.74) is 4.29. The fraction of sp³-hybridized carbons (Fsp3) is 0.182. The molecule has 0 spiro atoms. The van der Waals surface area contributed by atoms with Gasteiger partial charge in [-0.15, -0.1) is 0 Å².